The molecule has 0 bridgehead atoms. The Morgan fingerprint density at radius 1 is 1.23 bits per heavy atom. The van der Waals surface area contributed by atoms with Gasteiger partial charge < -0.3 is 11.1 Å². The van der Waals surface area contributed by atoms with Crippen molar-refractivity contribution >= 4 is 5.91 Å². The second kappa shape index (κ2) is 6.41. The highest BCUT2D eigenvalue weighted by atomic mass is 16.1. The Morgan fingerprint density at radius 3 is 2.45 bits per heavy atom. The van der Waals surface area contributed by atoms with E-state index in [4.69, 9.17) is 5.73 Å². The van der Waals surface area contributed by atoms with Gasteiger partial charge in [-0.1, -0.05) is 50.5 Å². The van der Waals surface area contributed by atoms with Gasteiger partial charge in [0.2, 0.25) is 5.91 Å². The molecule has 3 nitrogen and oxygen atoms in total. The molecule has 0 saturated heterocycles. The second-order valence-corrected chi connectivity index (χ2v) is 7.30. The maximum atomic E-state index is 12.3. The van der Waals surface area contributed by atoms with Crippen molar-refractivity contribution in [3.05, 3.63) is 35.4 Å². The lowest BCUT2D eigenvalue weighted by Crippen LogP contribution is -2.39. The maximum absolute atomic E-state index is 12.3. The Kier molecular flexibility index (Phi) is 4.53. The zero-order valence-electron chi connectivity index (χ0n) is 13.6. The summed E-state index contributed by atoms with van der Waals surface area (Å²) in [6.07, 6.45) is 9.09. The molecule has 0 radical (unpaired) electrons. The normalized spacial score (nSPS) is 22.1. The summed E-state index contributed by atoms with van der Waals surface area (Å²) in [4.78, 5) is 12.3. The summed E-state index contributed by atoms with van der Waals surface area (Å²) in [6.45, 7) is 2.03. The van der Waals surface area contributed by atoms with Gasteiger partial charge in [0.05, 0.1) is 0 Å². The SMILES string of the molecule is CC(Cc1ccc(C2(N)CC2)cc1)C(=O)NC1CCCCC1. The van der Waals surface area contributed by atoms with Crippen LogP contribution in [0.3, 0.4) is 0 Å². The quantitative estimate of drug-likeness (QED) is 0.877. The van der Waals surface area contributed by atoms with Gasteiger partial charge in [-0.15, -0.1) is 0 Å². The topological polar surface area (TPSA) is 55.1 Å². The van der Waals surface area contributed by atoms with Gasteiger partial charge in [-0.2, -0.15) is 0 Å². The molecule has 2 aliphatic carbocycles. The number of carbonyl (C=O) groups is 1. The average Bonchev–Trinajstić information content (AvgIpc) is 3.28. The standard InChI is InChI=1S/C19H28N2O/c1-14(18(22)21-17-5-3-2-4-6-17)13-15-7-9-16(10-8-15)19(20)11-12-19/h7-10,14,17H,2-6,11-13,20H2,1H3,(H,21,22). The first-order valence-electron chi connectivity index (χ1n) is 8.75. The van der Waals surface area contributed by atoms with Gasteiger partial charge in [-0.25, -0.2) is 0 Å². The molecule has 22 heavy (non-hydrogen) atoms. The van der Waals surface area contributed by atoms with Crippen LogP contribution < -0.4 is 11.1 Å². The molecule has 1 atom stereocenters. The molecule has 1 aromatic rings. The van der Waals surface area contributed by atoms with E-state index in [9.17, 15) is 4.79 Å². The molecule has 0 aromatic heterocycles. The number of hydrogen-bond acceptors (Lipinski definition) is 2. The van der Waals surface area contributed by atoms with E-state index < -0.39 is 0 Å². The highest BCUT2D eigenvalue weighted by Crippen LogP contribution is 2.42. The second-order valence-electron chi connectivity index (χ2n) is 7.30. The number of nitrogens with one attached hydrogen (secondary N) is 1. The molecule has 3 rings (SSSR count). The van der Waals surface area contributed by atoms with Crippen molar-refractivity contribution in [3.63, 3.8) is 0 Å². The van der Waals surface area contributed by atoms with Gasteiger partial charge in [-0.3, -0.25) is 4.79 Å². The number of nitrogens with two attached hydrogens (primary N) is 1. The third-order valence-corrected chi connectivity index (χ3v) is 5.26. The van der Waals surface area contributed by atoms with Crippen LogP contribution in [-0.4, -0.2) is 11.9 Å². The van der Waals surface area contributed by atoms with Crippen LogP contribution >= 0.6 is 0 Å². The van der Waals surface area contributed by atoms with Crippen molar-refractivity contribution in [2.75, 3.05) is 0 Å². The van der Waals surface area contributed by atoms with Crippen LogP contribution in [0.25, 0.3) is 0 Å². The van der Waals surface area contributed by atoms with Gasteiger partial charge in [0.25, 0.3) is 0 Å². The smallest absolute Gasteiger partial charge is 0.223 e. The first-order valence-corrected chi connectivity index (χ1v) is 8.75. The summed E-state index contributed by atoms with van der Waals surface area (Å²) in [7, 11) is 0. The van der Waals surface area contributed by atoms with Crippen molar-refractivity contribution in [2.45, 2.75) is 69.9 Å². The largest absolute Gasteiger partial charge is 0.353 e. The van der Waals surface area contributed by atoms with Crippen LogP contribution in [0.4, 0.5) is 0 Å². The molecule has 2 aliphatic rings. The molecule has 1 aromatic carbocycles. The van der Waals surface area contributed by atoms with E-state index in [1.165, 1.54) is 30.4 Å². The summed E-state index contributed by atoms with van der Waals surface area (Å²) >= 11 is 0. The van der Waals surface area contributed by atoms with E-state index in [1.54, 1.807) is 0 Å². The molecular formula is C19H28N2O. The molecule has 2 saturated carbocycles. The van der Waals surface area contributed by atoms with Gasteiger partial charge in [0, 0.05) is 17.5 Å². The number of rotatable bonds is 5. The van der Waals surface area contributed by atoms with Crippen LogP contribution in [0.5, 0.6) is 0 Å². The Balaban J connectivity index is 1.51. The van der Waals surface area contributed by atoms with E-state index in [2.05, 4.69) is 29.6 Å². The maximum Gasteiger partial charge on any atom is 0.223 e. The van der Waals surface area contributed by atoms with Crippen LogP contribution in [0, 0.1) is 5.92 Å². The number of carbonyl (C=O) groups excluding carboxylic acids is 1. The minimum Gasteiger partial charge on any atom is -0.353 e. The molecule has 120 valence electrons. The first kappa shape index (κ1) is 15.5. The van der Waals surface area contributed by atoms with E-state index in [1.807, 2.05) is 6.92 Å². The minimum absolute atomic E-state index is 0.0283. The Morgan fingerprint density at radius 2 is 1.86 bits per heavy atom. The molecular weight excluding hydrogens is 272 g/mol. The van der Waals surface area contributed by atoms with Crippen LogP contribution in [0.1, 0.15) is 63.0 Å². The fraction of sp³-hybridized carbons (Fsp3) is 0.632. The number of hydrogen-bond donors (Lipinski definition) is 2. The molecule has 0 spiro atoms. The third kappa shape index (κ3) is 3.70. The van der Waals surface area contributed by atoms with Crippen LogP contribution in [-0.2, 0) is 16.8 Å². The van der Waals surface area contributed by atoms with E-state index in [-0.39, 0.29) is 17.4 Å². The van der Waals surface area contributed by atoms with E-state index >= 15 is 0 Å². The highest BCUT2D eigenvalue weighted by Gasteiger charge is 2.39. The highest BCUT2D eigenvalue weighted by molar-refractivity contribution is 5.78. The Labute approximate surface area is 133 Å². The van der Waals surface area contributed by atoms with Crippen molar-refractivity contribution in [1.29, 1.82) is 0 Å². The zero-order chi connectivity index (χ0) is 15.6. The predicted octanol–water partition coefficient (Wildman–Crippen LogP) is 3.26. The lowest BCUT2D eigenvalue weighted by Gasteiger charge is -2.24. The fourth-order valence-electron chi connectivity index (χ4n) is 3.43. The summed E-state index contributed by atoms with van der Waals surface area (Å²) < 4.78 is 0. The van der Waals surface area contributed by atoms with Gasteiger partial charge in [0.15, 0.2) is 0 Å². The Hall–Kier alpha value is -1.35. The Bertz CT molecular complexity index is 513. The summed E-state index contributed by atoms with van der Waals surface area (Å²) in [5, 5.41) is 3.23. The van der Waals surface area contributed by atoms with Crippen LogP contribution in [0.2, 0.25) is 0 Å². The molecule has 1 unspecified atom stereocenters. The third-order valence-electron chi connectivity index (χ3n) is 5.26. The van der Waals surface area contributed by atoms with Gasteiger partial charge in [0.1, 0.15) is 0 Å². The zero-order valence-corrected chi connectivity index (χ0v) is 13.6. The predicted molar refractivity (Wildman–Crippen MR) is 89.4 cm³/mol. The summed E-state index contributed by atoms with van der Waals surface area (Å²) in [6, 6.07) is 8.93. The van der Waals surface area contributed by atoms with Crippen molar-refractivity contribution in [1.82, 2.24) is 5.32 Å². The summed E-state index contributed by atoms with van der Waals surface area (Å²) in [5.74, 6) is 0.231. The van der Waals surface area contributed by atoms with Crippen molar-refractivity contribution in [3.8, 4) is 0 Å². The van der Waals surface area contributed by atoms with E-state index in [0.717, 1.165) is 32.1 Å². The molecule has 0 heterocycles. The lowest BCUT2D eigenvalue weighted by atomic mass is 9.93. The summed E-state index contributed by atoms with van der Waals surface area (Å²) in [5.41, 5.74) is 8.59. The number of amides is 1. The van der Waals surface area contributed by atoms with Gasteiger partial charge >= 0.3 is 0 Å². The van der Waals surface area contributed by atoms with Crippen molar-refractivity contribution in [2.24, 2.45) is 11.7 Å². The van der Waals surface area contributed by atoms with E-state index in [0.29, 0.717) is 6.04 Å². The first-order chi connectivity index (χ1) is 10.6. The molecule has 2 fully saturated rings. The minimum atomic E-state index is -0.0670. The number of benzene rings is 1. The lowest BCUT2D eigenvalue weighted by molar-refractivity contribution is -0.125. The van der Waals surface area contributed by atoms with Crippen molar-refractivity contribution < 1.29 is 4.79 Å². The van der Waals surface area contributed by atoms with Crippen LogP contribution in [0.15, 0.2) is 24.3 Å². The monoisotopic (exact) mass is 300 g/mol. The average molecular weight is 300 g/mol. The molecule has 3 N–H and O–H groups in total. The fourth-order valence-corrected chi connectivity index (χ4v) is 3.43. The van der Waals surface area contributed by atoms with Gasteiger partial charge in [-0.05, 0) is 43.2 Å². The molecule has 3 heteroatoms. The molecule has 0 aliphatic heterocycles. The molecule has 1 amide bonds.